The molecule has 1 aromatic rings. The molecule has 3 N–H and O–H groups in total. The van der Waals surface area contributed by atoms with E-state index in [1.54, 1.807) is 18.2 Å². The molecular formula is C16H24Cl2N3O+. The minimum Gasteiger partial charge on any atom is -0.333 e. The highest BCUT2D eigenvalue weighted by atomic mass is 35.5. The molecule has 4 nitrogen and oxygen atoms in total. The number of rotatable bonds is 4. The van der Waals surface area contributed by atoms with Gasteiger partial charge in [-0.05, 0) is 31.0 Å². The Kier molecular flexibility index (Phi) is 5.95. The van der Waals surface area contributed by atoms with Crippen molar-refractivity contribution in [3.05, 3.63) is 28.2 Å². The number of carbonyl (C=O) groups excluding carboxylic acids is 1. The second kappa shape index (κ2) is 7.53. The third kappa shape index (κ3) is 4.28. The molecule has 1 saturated carbocycles. The molecule has 1 aliphatic carbocycles. The lowest BCUT2D eigenvalue weighted by molar-refractivity contribution is -0.916. The summed E-state index contributed by atoms with van der Waals surface area (Å²) in [5.41, 5.74) is 0.787. The van der Waals surface area contributed by atoms with Gasteiger partial charge in [-0.25, -0.2) is 4.79 Å². The average molecular weight is 345 g/mol. The number of nitrogens with one attached hydrogen (secondary N) is 3. The first-order valence-electron chi connectivity index (χ1n) is 7.73. The quantitative estimate of drug-likeness (QED) is 0.772. The van der Waals surface area contributed by atoms with E-state index in [0.29, 0.717) is 22.3 Å². The molecule has 122 valence electrons. The van der Waals surface area contributed by atoms with Crippen LogP contribution < -0.4 is 15.5 Å². The molecule has 0 spiro atoms. The van der Waals surface area contributed by atoms with Crippen LogP contribution >= 0.6 is 23.2 Å². The van der Waals surface area contributed by atoms with Crippen LogP contribution in [0.4, 0.5) is 10.5 Å². The van der Waals surface area contributed by atoms with Crippen molar-refractivity contribution in [2.45, 2.75) is 37.6 Å². The summed E-state index contributed by atoms with van der Waals surface area (Å²) in [5.74, 6) is 0. The molecule has 2 rings (SSSR count). The minimum absolute atomic E-state index is 0.146. The Morgan fingerprint density at radius 1 is 1.18 bits per heavy atom. The van der Waals surface area contributed by atoms with Crippen LogP contribution in [0.3, 0.4) is 0 Å². The lowest BCUT2D eigenvalue weighted by Crippen LogP contribution is -3.16. The maximum atomic E-state index is 12.1. The van der Waals surface area contributed by atoms with Crippen LogP contribution in [0.1, 0.15) is 32.1 Å². The summed E-state index contributed by atoms with van der Waals surface area (Å²) < 4.78 is 0. The standard InChI is InChI=1S/C16H23Cl2N3O/c1-21(2)16(8-4-3-5-9-16)11-19-15(22)20-12-6-7-13(17)14(18)10-12/h6-7,10H,3-5,8-9,11H2,1-2H3,(H2,19,20,22)/p+1. The first kappa shape index (κ1) is 17.4. The maximum Gasteiger partial charge on any atom is 0.319 e. The summed E-state index contributed by atoms with van der Waals surface area (Å²) in [7, 11) is 4.34. The Morgan fingerprint density at radius 3 is 2.45 bits per heavy atom. The second-order valence-electron chi connectivity index (χ2n) is 6.28. The van der Waals surface area contributed by atoms with Crippen molar-refractivity contribution in [3.63, 3.8) is 0 Å². The Bertz CT molecular complexity index is 528. The van der Waals surface area contributed by atoms with Crippen molar-refractivity contribution >= 4 is 34.9 Å². The minimum atomic E-state index is -0.204. The first-order valence-corrected chi connectivity index (χ1v) is 8.49. The normalized spacial score (nSPS) is 17.3. The van der Waals surface area contributed by atoms with Gasteiger partial charge in [0.15, 0.2) is 0 Å². The van der Waals surface area contributed by atoms with E-state index >= 15 is 0 Å². The molecule has 1 aromatic carbocycles. The predicted octanol–water partition coefficient (Wildman–Crippen LogP) is 2.96. The monoisotopic (exact) mass is 344 g/mol. The predicted molar refractivity (Wildman–Crippen MR) is 92.1 cm³/mol. The third-order valence-electron chi connectivity index (χ3n) is 4.64. The van der Waals surface area contributed by atoms with Crippen LogP contribution in [-0.4, -0.2) is 32.2 Å². The van der Waals surface area contributed by atoms with E-state index in [9.17, 15) is 4.79 Å². The zero-order chi connectivity index (χ0) is 16.2. The molecule has 0 aromatic heterocycles. The number of carbonyl (C=O) groups is 1. The van der Waals surface area contributed by atoms with Gasteiger partial charge in [-0.3, -0.25) is 0 Å². The van der Waals surface area contributed by atoms with Crippen LogP contribution in [0, 0.1) is 0 Å². The van der Waals surface area contributed by atoms with E-state index in [-0.39, 0.29) is 11.6 Å². The van der Waals surface area contributed by atoms with Gasteiger partial charge in [0.25, 0.3) is 0 Å². The second-order valence-corrected chi connectivity index (χ2v) is 7.09. The molecule has 2 amide bonds. The van der Waals surface area contributed by atoms with Crippen molar-refractivity contribution in [3.8, 4) is 0 Å². The molecule has 6 heteroatoms. The Labute approximate surface area is 142 Å². The Morgan fingerprint density at radius 2 is 1.86 bits per heavy atom. The van der Waals surface area contributed by atoms with Crippen LogP contribution in [0.15, 0.2) is 18.2 Å². The van der Waals surface area contributed by atoms with Crippen LogP contribution in [0.2, 0.25) is 10.0 Å². The molecule has 0 radical (unpaired) electrons. The van der Waals surface area contributed by atoms with E-state index in [0.717, 1.165) is 12.8 Å². The summed E-state index contributed by atoms with van der Waals surface area (Å²) >= 11 is 11.8. The van der Waals surface area contributed by atoms with Gasteiger partial charge in [0.05, 0.1) is 30.7 Å². The highest BCUT2D eigenvalue weighted by molar-refractivity contribution is 6.42. The number of halogens is 2. The zero-order valence-corrected chi connectivity index (χ0v) is 14.7. The number of benzene rings is 1. The van der Waals surface area contributed by atoms with Gasteiger partial charge in [-0.2, -0.15) is 0 Å². The fourth-order valence-electron chi connectivity index (χ4n) is 3.08. The van der Waals surface area contributed by atoms with Gasteiger partial charge in [0.2, 0.25) is 0 Å². The third-order valence-corrected chi connectivity index (χ3v) is 5.38. The average Bonchev–Trinajstić information content (AvgIpc) is 2.50. The fraction of sp³-hybridized carbons (Fsp3) is 0.562. The molecule has 1 fully saturated rings. The van der Waals surface area contributed by atoms with Crippen molar-refractivity contribution in [2.24, 2.45) is 0 Å². The molecule has 0 aliphatic heterocycles. The Hall–Kier alpha value is -0.970. The first-order chi connectivity index (χ1) is 10.4. The van der Waals surface area contributed by atoms with Gasteiger partial charge in [0, 0.05) is 18.5 Å². The van der Waals surface area contributed by atoms with Gasteiger partial charge in [-0.15, -0.1) is 0 Å². The largest absolute Gasteiger partial charge is 0.333 e. The van der Waals surface area contributed by atoms with Crippen LogP contribution in [0.5, 0.6) is 0 Å². The van der Waals surface area contributed by atoms with E-state index in [1.165, 1.54) is 24.2 Å². The van der Waals surface area contributed by atoms with Crippen molar-refractivity contribution in [1.82, 2.24) is 5.32 Å². The van der Waals surface area contributed by atoms with E-state index < -0.39 is 0 Å². The highest BCUT2D eigenvalue weighted by Crippen LogP contribution is 2.26. The SMILES string of the molecule is C[NH+](C)C1(CNC(=O)Nc2ccc(Cl)c(Cl)c2)CCCCC1. The Balaban J connectivity index is 1.92. The number of likely N-dealkylation sites (N-methyl/N-ethyl adjacent to an activating group) is 1. The molecule has 22 heavy (non-hydrogen) atoms. The van der Waals surface area contributed by atoms with E-state index in [4.69, 9.17) is 23.2 Å². The summed E-state index contributed by atoms with van der Waals surface area (Å²) in [6.07, 6.45) is 6.08. The number of anilines is 1. The van der Waals surface area contributed by atoms with Crippen LogP contribution in [-0.2, 0) is 0 Å². The van der Waals surface area contributed by atoms with Gasteiger partial charge < -0.3 is 15.5 Å². The van der Waals surface area contributed by atoms with Gasteiger partial charge >= 0.3 is 6.03 Å². The number of hydrogen-bond donors (Lipinski definition) is 3. The molecular weight excluding hydrogens is 321 g/mol. The van der Waals surface area contributed by atoms with Crippen molar-refractivity contribution in [2.75, 3.05) is 26.0 Å². The zero-order valence-electron chi connectivity index (χ0n) is 13.1. The summed E-state index contributed by atoms with van der Waals surface area (Å²) in [6.45, 7) is 0.683. The summed E-state index contributed by atoms with van der Waals surface area (Å²) in [4.78, 5) is 13.5. The molecule has 0 heterocycles. The molecule has 0 bridgehead atoms. The fourth-order valence-corrected chi connectivity index (χ4v) is 3.38. The molecule has 1 aliphatic rings. The topological polar surface area (TPSA) is 45.6 Å². The maximum absolute atomic E-state index is 12.1. The number of hydrogen-bond acceptors (Lipinski definition) is 1. The number of amides is 2. The van der Waals surface area contributed by atoms with Crippen molar-refractivity contribution in [1.29, 1.82) is 0 Å². The van der Waals surface area contributed by atoms with Crippen LogP contribution in [0.25, 0.3) is 0 Å². The lowest BCUT2D eigenvalue weighted by atomic mass is 9.80. The van der Waals surface area contributed by atoms with E-state index in [1.807, 2.05) is 0 Å². The molecule has 0 atom stereocenters. The summed E-state index contributed by atoms with van der Waals surface area (Å²) in [5, 5.41) is 6.72. The van der Waals surface area contributed by atoms with Gasteiger partial charge in [0.1, 0.15) is 5.54 Å². The smallest absolute Gasteiger partial charge is 0.319 e. The molecule has 0 saturated heterocycles. The van der Waals surface area contributed by atoms with E-state index in [2.05, 4.69) is 24.7 Å². The highest BCUT2D eigenvalue weighted by Gasteiger charge is 2.38. The number of quaternary nitrogens is 1. The number of urea groups is 1. The van der Waals surface area contributed by atoms with Crippen molar-refractivity contribution < 1.29 is 9.69 Å². The molecule has 0 unspecified atom stereocenters. The summed E-state index contributed by atoms with van der Waals surface area (Å²) in [6, 6.07) is 4.86. The lowest BCUT2D eigenvalue weighted by Gasteiger charge is -2.39. The van der Waals surface area contributed by atoms with Gasteiger partial charge in [-0.1, -0.05) is 29.6 Å².